The molecule has 0 aliphatic rings. The fourth-order valence-electron chi connectivity index (χ4n) is 0.478. The summed E-state index contributed by atoms with van der Waals surface area (Å²) in [6, 6.07) is 0. The van der Waals surface area contributed by atoms with E-state index in [4.69, 9.17) is 4.74 Å². The lowest BCUT2D eigenvalue weighted by Crippen LogP contribution is -2.20. The molecule has 13 heavy (non-hydrogen) atoms. The molecule has 0 radical (unpaired) electrons. The second-order valence-corrected chi connectivity index (χ2v) is 1.98. The summed E-state index contributed by atoms with van der Waals surface area (Å²) in [6.07, 6.45) is 0.547. The van der Waals surface area contributed by atoms with Gasteiger partial charge < -0.3 is 9.47 Å². The van der Waals surface area contributed by atoms with E-state index in [1.165, 1.54) is 0 Å². The van der Waals surface area contributed by atoms with Crippen LogP contribution in [0.25, 0.3) is 0 Å². The van der Waals surface area contributed by atoms with Crippen molar-refractivity contribution in [2.24, 2.45) is 5.10 Å². The Labute approximate surface area is 77.3 Å². The molecule has 1 amide bonds. The van der Waals surface area contributed by atoms with Gasteiger partial charge in [-0.1, -0.05) is 6.92 Å². The molecule has 0 saturated carbocycles. The number of hydrogen-bond acceptors (Lipinski definition) is 5. The highest BCUT2D eigenvalue weighted by molar-refractivity contribution is 5.67. The number of rotatable bonds is 6. The van der Waals surface area contributed by atoms with Crippen LogP contribution >= 0.6 is 0 Å². The Kier molecular flexibility index (Phi) is 7.91. The largest absolute Gasteiger partial charge is 0.466 e. The Morgan fingerprint density at radius 2 is 2.31 bits per heavy atom. The van der Waals surface area contributed by atoms with Crippen LogP contribution in [-0.4, -0.2) is 32.4 Å². The molecule has 0 aromatic carbocycles. The zero-order valence-electron chi connectivity index (χ0n) is 7.87. The van der Waals surface area contributed by atoms with Crippen LogP contribution in [0.1, 0.15) is 13.8 Å². The SMILES string of the molecule is CCNCOC=NNC(=O)OCC. The van der Waals surface area contributed by atoms with E-state index >= 15 is 0 Å². The zero-order chi connectivity index (χ0) is 9.94. The maximum atomic E-state index is 10.6. The van der Waals surface area contributed by atoms with E-state index in [-0.39, 0.29) is 0 Å². The van der Waals surface area contributed by atoms with Crippen molar-refractivity contribution in [2.75, 3.05) is 19.9 Å². The summed E-state index contributed by atoms with van der Waals surface area (Å²) in [5.74, 6) is 0. The van der Waals surface area contributed by atoms with E-state index in [1.54, 1.807) is 6.92 Å². The van der Waals surface area contributed by atoms with Crippen LogP contribution in [0.15, 0.2) is 5.10 Å². The molecule has 0 unspecified atom stereocenters. The van der Waals surface area contributed by atoms with Gasteiger partial charge in [0.25, 0.3) is 0 Å². The standard InChI is InChI=1S/C7H15N3O3/c1-3-8-5-12-6-9-10-7(11)13-4-2/h6,8H,3-5H2,1-2H3,(H,10,11). The number of amides is 1. The monoisotopic (exact) mass is 189 g/mol. The smallest absolute Gasteiger partial charge is 0.427 e. The maximum absolute atomic E-state index is 10.6. The minimum Gasteiger partial charge on any atom is -0.466 e. The van der Waals surface area contributed by atoms with Gasteiger partial charge in [0.2, 0.25) is 0 Å². The van der Waals surface area contributed by atoms with Crippen molar-refractivity contribution in [3.05, 3.63) is 0 Å². The molecular weight excluding hydrogens is 174 g/mol. The quantitative estimate of drug-likeness (QED) is 0.207. The number of carbonyl (C=O) groups excluding carboxylic acids is 1. The van der Waals surface area contributed by atoms with E-state index in [2.05, 4.69) is 20.6 Å². The number of ether oxygens (including phenoxy) is 2. The van der Waals surface area contributed by atoms with Gasteiger partial charge in [-0.15, -0.1) is 5.10 Å². The summed E-state index contributed by atoms with van der Waals surface area (Å²) in [6.45, 7) is 5.17. The summed E-state index contributed by atoms with van der Waals surface area (Å²) in [5, 5.41) is 6.35. The maximum Gasteiger partial charge on any atom is 0.427 e. The molecule has 0 rings (SSSR count). The van der Waals surface area contributed by atoms with Crippen LogP contribution < -0.4 is 10.7 Å². The van der Waals surface area contributed by atoms with Gasteiger partial charge in [0.15, 0.2) is 6.40 Å². The van der Waals surface area contributed by atoms with Crippen LogP contribution in [-0.2, 0) is 9.47 Å². The minimum absolute atomic E-state index is 0.319. The van der Waals surface area contributed by atoms with Gasteiger partial charge in [0.05, 0.1) is 6.61 Å². The molecule has 0 fully saturated rings. The molecule has 2 N–H and O–H groups in total. The van der Waals surface area contributed by atoms with Gasteiger partial charge in [-0.2, -0.15) is 0 Å². The van der Waals surface area contributed by atoms with Gasteiger partial charge in [-0.05, 0) is 13.5 Å². The molecule has 6 heteroatoms. The van der Waals surface area contributed by atoms with Crippen LogP contribution in [0.4, 0.5) is 4.79 Å². The number of hydrogen-bond donors (Lipinski definition) is 2. The van der Waals surface area contributed by atoms with Gasteiger partial charge in [0, 0.05) is 0 Å². The Morgan fingerprint density at radius 3 is 2.92 bits per heavy atom. The first-order chi connectivity index (χ1) is 6.31. The third kappa shape index (κ3) is 8.61. The molecule has 0 aliphatic carbocycles. The van der Waals surface area contributed by atoms with E-state index in [0.29, 0.717) is 13.3 Å². The molecule has 76 valence electrons. The predicted octanol–water partition coefficient (Wildman–Crippen LogP) is 0.259. The summed E-state index contributed by atoms with van der Waals surface area (Å²) in [7, 11) is 0. The average molecular weight is 189 g/mol. The topological polar surface area (TPSA) is 72.0 Å². The zero-order valence-corrected chi connectivity index (χ0v) is 7.87. The summed E-state index contributed by atoms with van der Waals surface area (Å²) < 4.78 is 9.36. The lowest BCUT2D eigenvalue weighted by Gasteiger charge is -2.00. The predicted molar refractivity (Wildman–Crippen MR) is 48.3 cm³/mol. The van der Waals surface area contributed by atoms with Crippen molar-refractivity contribution in [2.45, 2.75) is 13.8 Å². The first-order valence-corrected chi connectivity index (χ1v) is 4.07. The first-order valence-electron chi connectivity index (χ1n) is 4.07. The minimum atomic E-state index is -0.592. The molecular formula is C7H15N3O3. The van der Waals surface area contributed by atoms with Gasteiger partial charge in [-0.25, -0.2) is 10.2 Å². The number of nitrogens with one attached hydrogen (secondary N) is 2. The Morgan fingerprint density at radius 1 is 1.54 bits per heavy atom. The summed E-state index contributed by atoms with van der Waals surface area (Å²) >= 11 is 0. The van der Waals surface area contributed by atoms with Crippen molar-refractivity contribution >= 4 is 12.5 Å². The molecule has 0 bridgehead atoms. The van der Waals surface area contributed by atoms with E-state index in [9.17, 15) is 4.79 Å². The van der Waals surface area contributed by atoms with E-state index in [1.807, 2.05) is 6.92 Å². The summed E-state index contributed by atoms with van der Waals surface area (Å²) in [5.41, 5.74) is 2.12. The summed E-state index contributed by atoms with van der Waals surface area (Å²) in [4.78, 5) is 10.6. The molecule has 0 heterocycles. The van der Waals surface area contributed by atoms with Gasteiger partial charge >= 0.3 is 6.09 Å². The highest BCUT2D eigenvalue weighted by Gasteiger charge is 1.94. The van der Waals surface area contributed by atoms with Crippen LogP contribution in [0.2, 0.25) is 0 Å². The van der Waals surface area contributed by atoms with Gasteiger partial charge in [0.1, 0.15) is 6.73 Å². The number of nitrogens with zero attached hydrogens (tertiary/aromatic N) is 1. The van der Waals surface area contributed by atoms with Crippen LogP contribution in [0, 0.1) is 0 Å². The third-order valence-corrected chi connectivity index (χ3v) is 0.994. The second kappa shape index (κ2) is 8.79. The Balaban J connectivity index is 3.25. The Bertz CT molecular complexity index is 161. The van der Waals surface area contributed by atoms with E-state index < -0.39 is 6.09 Å². The number of carbonyl (C=O) groups is 1. The Hall–Kier alpha value is -1.30. The van der Waals surface area contributed by atoms with Crippen LogP contribution in [0.5, 0.6) is 0 Å². The lowest BCUT2D eigenvalue weighted by molar-refractivity contribution is 0.152. The number of hydrazone groups is 1. The third-order valence-electron chi connectivity index (χ3n) is 0.994. The first kappa shape index (κ1) is 11.7. The van der Waals surface area contributed by atoms with Crippen molar-refractivity contribution in [3.8, 4) is 0 Å². The van der Waals surface area contributed by atoms with E-state index in [0.717, 1.165) is 12.9 Å². The van der Waals surface area contributed by atoms with Crippen LogP contribution in [0.3, 0.4) is 0 Å². The molecule has 0 atom stereocenters. The average Bonchev–Trinajstić information content (AvgIpc) is 2.11. The molecule has 0 aromatic heterocycles. The molecule has 0 aromatic rings. The van der Waals surface area contributed by atoms with Crippen molar-refractivity contribution in [1.82, 2.24) is 10.7 Å². The molecule has 6 nitrogen and oxygen atoms in total. The normalized spacial score (nSPS) is 10.0. The van der Waals surface area contributed by atoms with Crippen molar-refractivity contribution in [1.29, 1.82) is 0 Å². The molecule has 0 saturated heterocycles. The fourth-order valence-corrected chi connectivity index (χ4v) is 0.478. The van der Waals surface area contributed by atoms with Crippen molar-refractivity contribution < 1.29 is 14.3 Å². The molecule has 0 spiro atoms. The second-order valence-electron chi connectivity index (χ2n) is 1.98. The van der Waals surface area contributed by atoms with Gasteiger partial charge in [-0.3, -0.25) is 5.32 Å². The molecule has 0 aliphatic heterocycles. The fraction of sp³-hybridized carbons (Fsp3) is 0.714. The highest BCUT2D eigenvalue weighted by atomic mass is 16.6. The highest BCUT2D eigenvalue weighted by Crippen LogP contribution is 1.74. The lowest BCUT2D eigenvalue weighted by atomic mass is 10.8. The van der Waals surface area contributed by atoms with Crippen molar-refractivity contribution in [3.63, 3.8) is 0 Å².